The van der Waals surface area contributed by atoms with Gasteiger partial charge in [0.25, 0.3) is 5.91 Å². The summed E-state index contributed by atoms with van der Waals surface area (Å²) in [5, 5.41) is 3.06. The van der Waals surface area contributed by atoms with Crippen LogP contribution in [0.1, 0.15) is 35.3 Å². The van der Waals surface area contributed by atoms with Crippen LogP contribution in [0.4, 0.5) is 0 Å². The van der Waals surface area contributed by atoms with Crippen LogP contribution in [0.25, 0.3) is 0 Å². The number of hydrogen-bond acceptors (Lipinski definition) is 2. The highest BCUT2D eigenvalue weighted by Crippen LogP contribution is 2.20. The molecule has 0 aliphatic rings. The van der Waals surface area contributed by atoms with Crippen LogP contribution < -0.4 is 10.1 Å². The molecule has 0 bridgehead atoms. The first-order valence-electron chi connectivity index (χ1n) is 6.74. The Morgan fingerprint density at radius 3 is 2.30 bits per heavy atom. The lowest BCUT2D eigenvalue weighted by Crippen LogP contribution is -2.28. The van der Waals surface area contributed by atoms with Crippen LogP contribution in [-0.4, -0.2) is 13.0 Å². The largest absolute Gasteiger partial charge is 0.497 e. The van der Waals surface area contributed by atoms with Gasteiger partial charge in [-0.15, -0.1) is 0 Å². The van der Waals surface area contributed by atoms with Gasteiger partial charge in [0.05, 0.1) is 13.2 Å². The molecule has 0 saturated carbocycles. The maximum Gasteiger partial charge on any atom is 0.251 e. The Bertz CT molecular complexity index is 549. The van der Waals surface area contributed by atoms with Gasteiger partial charge < -0.3 is 10.1 Å². The Kier molecular flexibility index (Phi) is 4.77. The number of methoxy groups -OCH3 is 1. The van der Waals surface area contributed by atoms with E-state index in [-0.39, 0.29) is 11.9 Å². The summed E-state index contributed by atoms with van der Waals surface area (Å²) < 4.78 is 5.15. The monoisotopic (exact) mass is 269 g/mol. The molecular weight excluding hydrogens is 250 g/mol. The molecule has 0 aliphatic heterocycles. The smallest absolute Gasteiger partial charge is 0.251 e. The van der Waals surface area contributed by atoms with Gasteiger partial charge in [0.15, 0.2) is 0 Å². The van der Waals surface area contributed by atoms with Crippen molar-refractivity contribution in [2.24, 2.45) is 0 Å². The summed E-state index contributed by atoms with van der Waals surface area (Å²) in [6.07, 6.45) is 0.838. The average Bonchev–Trinajstić information content (AvgIpc) is 2.53. The SMILES string of the molecule is CC[C@@H](NC(=O)c1ccccc1)c1ccc(OC)cc1. The Hall–Kier alpha value is -2.29. The maximum atomic E-state index is 12.2. The van der Waals surface area contributed by atoms with E-state index >= 15 is 0 Å². The standard InChI is InChI=1S/C17H19NO2/c1-3-16(13-9-11-15(20-2)12-10-13)18-17(19)14-7-5-4-6-8-14/h4-12,16H,3H2,1-2H3,(H,18,19)/t16-/m1/s1. The van der Waals surface area contributed by atoms with Gasteiger partial charge in [0.2, 0.25) is 0 Å². The van der Waals surface area contributed by atoms with Crippen molar-refractivity contribution in [3.8, 4) is 5.75 Å². The zero-order chi connectivity index (χ0) is 14.4. The summed E-state index contributed by atoms with van der Waals surface area (Å²) in [6, 6.07) is 17.1. The van der Waals surface area contributed by atoms with Gasteiger partial charge in [0, 0.05) is 5.56 Å². The molecule has 0 saturated heterocycles. The Morgan fingerprint density at radius 1 is 1.10 bits per heavy atom. The average molecular weight is 269 g/mol. The van der Waals surface area contributed by atoms with Gasteiger partial charge in [-0.05, 0) is 36.2 Å². The van der Waals surface area contributed by atoms with E-state index in [0.717, 1.165) is 17.7 Å². The van der Waals surface area contributed by atoms with Crippen molar-refractivity contribution in [2.75, 3.05) is 7.11 Å². The first kappa shape index (κ1) is 14.1. The molecule has 0 aliphatic carbocycles. The zero-order valence-corrected chi connectivity index (χ0v) is 11.8. The predicted octanol–water partition coefficient (Wildman–Crippen LogP) is 3.58. The fourth-order valence-electron chi connectivity index (χ4n) is 2.09. The molecule has 1 N–H and O–H groups in total. The third kappa shape index (κ3) is 3.38. The summed E-state index contributed by atoms with van der Waals surface area (Å²) in [7, 11) is 1.64. The van der Waals surface area contributed by atoms with E-state index in [1.165, 1.54) is 0 Å². The highest BCUT2D eigenvalue weighted by molar-refractivity contribution is 5.94. The van der Waals surface area contributed by atoms with Crippen molar-refractivity contribution >= 4 is 5.91 Å². The quantitative estimate of drug-likeness (QED) is 0.901. The third-order valence-electron chi connectivity index (χ3n) is 3.27. The molecule has 2 aromatic carbocycles. The molecular formula is C17H19NO2. The lowest BCUT2D eigenvalue weighted by atomic mass is 10.0. The van der Waals surface area contributed by atoms with Crippen LogP contribution in [0, 0.1) is 0 Å². The van der Waals surface area contributed by atoms with Crippen LogP contribution in [0.15, 0.2) is 54.6 Å². The topological polar surface area (TPSA) is 38.3 Å². The van der Waals surface area contributed by atoms with Crippen molar-refractivity contribution in [1.82, 2.24) is 5.32 Å². The third-order valence-corrected chi connectivity index (χ3v) is 3.27. The van der Waals surface area contributed by atoms with Gasteiger partial charge in [-0.1, -0.05) is 37.3 Å². The first-order valence-corrected chi connectivity index (χ1v) is 6.74. The molecule has 2 aromatic rings. The number of ether oxygens (including phenoxy) is 1. The molecule has 0 fully saturated rings. The number of nitrogens with one attached hydrogen (secondary N) is 1. The van der Waals surface area contributed by atoms with E-state index < -0.39 is 0 Å². The van der Waals surface area contributed by atoms with E-state index in [4.69, 9.17) is 4.74 Å². The summed E-state index contributed by atoms with van der Waals surface area (Å²) >= 11 is 0. The predicted molar refractivity (Wildman–Crippen MR) is 79.9 cm³/mol. The fraction of sp³-hybridized carbons (Fsp3) is 0.235. The van der Waals surface area contributed by atoms with Crippen molar-refractivity contribution in [3.05, 3.63) is 65.7 Å². The van der Waals surface area contributed by atoms with Crippen LogP contribution in [0.2, 0.25) is 0 Å². The minimum Gasteiger partial charge on any atom is -0.497 e. The van der Waals surface area contributed by atoms with E-state index in [1.54, 1.807) is 7.11 Å². The molecule has 0 aromatic heterocycles. The second kappa shape index (κ2) is 6.75. The van der Waals surface area contributed by atoms with Crippen molar-refractivity contribution in [2.45, 2.75) is 19.4 Å². The maximum absolute atomic E-state index is 12.2. The van der Waals surface area contributed by atoms with Crippen LogP contribution in [0.3, 0.4) is 0 Å². The highest BCUT2D eigenvalue weighted by atomic mass is 16.5. The molecule has 0 unspecified atom stereocenters. The zero-order valence-electron chi connectivity index (χ0n) is 11.8. The molecule has 2 rings (SSSR count). The Morgan fingerprint density at radius 2 is 1.75 bits per heavy atom. The second-order valence-corrected chi connectivity index (χ2v) is 4.57. The van der Waals surface area contributed by atoms with Gasteiger partial charge in [-0.2, -0.15) is 0 Å². The van der Waals surface area contributed by atoms with Crippen LogP contribution in [-0.2, 0) is 0 Å². The molecule has 104 valence electrons. The number of rotatable bonds is 5. The number of carbonyl (C=O) groups excluding carboxylic acids is 1. The summed E-state index contributed by atoms with van der Waals surface area (Å²) in [5.41, 5.74) is 1.76. The highest BCUT2D eigenvalue weighted by Gasteiger charge is 2.13. The van der Waals surface area contributed by atoms with E-state index in [9.17, 15) is 4.79 Å². The lowest BCUT2D eigenvalue weighted by Gasteiger charge is -2.18. The van der Waals surface area contributed by atoms with Gasteiger partial charge in [0.1, 0.15) is 5.75 Å². The Labute approximate surface area is 119 Å². The molecule has 1 atom stereocenters. The fourth-order valence-corrected chi connectivity index (χ4v) is 2.09. The number of benzene rings is 2. The summed E-state index contributed by atoms with van der Waals surface area (Å²) in [6.45, 7) is 2.06. The van der Waals surface area contributed by atoms with Crippen LogP contribution in [0.5, 0.6) is 5.75 Å². The lowest BCUT2D eigenvalue weighted by molar-refractivity contribution is 0.0935. The second-order valence-electron chi connectivity index (χ2n) is 4.57. The van der Waals surface area contributed by atoms with Crippen molar-refractivity contribution in [1.29, 1.82) is 0 Å². The van der Waals surface area contributed by atoms with E-state index in [2.05, 4.69) is 12.2 Å². The molecule has 0 heterocycles. The minimum absolute atomic E-state index is 0.00797. The molecule has 1 amide bonds. The molecule has 3 nitrogen and oxygen atoms in total. The van der Waals surface area contributed by atoms with E-state index in [0.29, 0.717) is 5.56 Å². The van der Waals surface area contributed by atoms with Crippen LogP contribution >= 0.6 is 0 Å². The Balaban J connectivity index is 2.10. The molecule has 3 heteroatoms. The number of carbonyl (C=O) groups is 1. The van der Waals surface area contributed by atoms with Crippen molar-refractivity contribution in [3.63, 3.8) is 0 Å². The van der Waals surface area contributed by atoms with E-state index in [1.807, 2.05) is 54.6 Å². The van der Waals surface area contributed by atoms with Gasteiger partial charge >= 0.3 is 0 Å². The first-order chi connectivity index (χ1) is 9.74. The molecule has 0 radical (unpaired) electrons. The van der Waals surface area contributed by atoms with Gasteiger partial charge in [-0.3, -0.25) is 4.79 Å². The normalized spacial score (nSPS) is 11.7. The summed E-state index contributed by atoms with van der Waals surface area (Å²) in [5.74, 6) is 0.770. The minimum atomic E-state index is -0.0479. The number of amides is 1. The summed E-state index contributed by atoms with van der Waals surface area (Å²) in [4.78, 5) is 12.2. The number of hydrogen-bond donors (Lipinski definition) is 1. The van der Waals surface area contributed by atoms with Crippen molar-refractivity contribution < 1.29 is 9.53 Å². The van der Waals surface area contributed by atoms with Gasteiger partial charge in [-0.25, -0.2) is 0 Å². The molecule has 0 spiro atoms. The molecule has 20 heavy (non-hydrogen) atoms.